The molecule has 166 valence electrons. The fourth-order valence-corrected chi connectivity index (χ4v) is 2.97. The van der Waals surface area contributed by atoms with Crippen molar-refractivity contribution in [3.8, 4) is 0 Å². The molecule has 0 saturated carbocycles. The number of nitrogens with one attached hydrogen (secondary N) is 2. The van der Waals surface area contributed by atoms with Gasteiger partial charge in [-0.3, -0.25) is 4.99 Å². The van der Waals surface area contributed by atoms with Crippen LogP contribution in [0.5, 0.6) is 0 Å². The van der Waals surface area contributed by atoms with Crippen LogP contribution in [0.1, 0.15) is 38.7 Å². The van der Waals surface area contributed by atoms with Gasteiger partial charge in [0.15, 0.2) is 5.96 Å². The number of guanidine groups is 1. The third kappa shape index (κ3) is 12.4. The first-order valence-electron chi connectivity index (χ1n) is 10.6. The molecular weight excluding hydrogens is 481 g/mol. The second kappa shape index (κ2) is 16.8. The zero-order valence-corrected chi connectivity index (χ0v) is 20.2. The van der Waals surface area contributed by atoms with Gasteiger partial charge in [0.1, 0.15) is 0 Å². The average molecular weight is 519 g/mol. The molecule has 0 spiro atoms. The molecule has 1 aromatic carbocycles. The minimum absolute atomic E-state index is 0. The van der Waals surface area contributed by atoms with Crippen LogP contribution >= 0.6 is 24.0 Å². The van der Waals surface area contributed by atoms with Gasteiger partial charge < -0.3 is 24.8 Å². The molecule has 1 atom stereocenters. The van der Waals surface area contributed by atoms with Crippen molar-refractivity contribution >= 4 is 29.9 Å². The van der Waals surface area contributed by atoms with Gasteiger partial charge >= 0.3 is 0 Å². The normalized spacial score (nSPS) is 16.1. The molecule has 29 heavy (non-hydrogen) atoms. The molecule has 1 saturated heterocycles. The van der Waals surface area contributed by atoms with Crippen LogP contribution in [0.25, 0.3) is 0 Å². The zero-order chi connectivity index (χ0) is 19.9. The van der Waals surface area contributed by atoms with Crippen molar-refractivity contribution in [2.24, 2.45) is 10.9 Å². The van der Waals surface area contributed by atoms with Gasteiger partial charge in [0, 0.05) is 39.5 Å². The SMILES string of the molecule is CCNC(=NCC(C)COCc1ccccc1)NCCCOC1CCOCC1.I. The van der Waals surface area contributed by atoms with Gasteiger partial charge in [0.25, 0.3) is 0 Å². The summed E-state index contributed by atoms with van der Waals surface area (Å²) in [5, 5.41) is 6.69. The van der Waals surface area contributed by atoms with Crippen LogP contribution < -0.4 is 10.6 Å². The van der Waals surface area contributed by atoms with E-state index in [2.05, 4.69) is 41.6 Å². The Morgan fingerprint density at radius 2 is 1.97 bits per heavy atom. The Hall–Kier alpha value is -0.900. The van der Waals surface area contributed by atoms with E-state index in [0.717, 1.165) is 64.7 Å². The summed E-state index contributed by atoms with van der Waals surface area (Å²) in [5.74, 6) is 1.24. The minimum atomic E-state index is 0. The molecule has 1 fully saturated rings. The van der Waals surface area contributed by atoms with E-state index in [4.69, 9.17) is 14.2 Å². The summed E-state index contributed by atoms with van der Waals surface area (Å²) < 4.78 is 17.1. The number of rotatable bonds is 12. The summed E-state index contributed by atoms with van der Waals surface area (Å²) >= 11 is 0. The van der Waals surface area contributed by atoms with Crippen molar-refractivity contribution < 1.29 is 14.2 Å². The molecule has 0 aliphatic carbocycles. The Morgan fingerprint density at radius 3 is 2.69 bits per heavy atom. The number of hydrogen-bond acceptors (Lipinski definition) is 4. The van der Waals surface area contributed by atoms with E-state index < -0.39 is 0 Å². The molecule has 1 aromatic rings. The van der Waals surface area contributed by atoms with Crippen LogP contribution in [-0.2, 0) is 20.8 Å². The lowest BCUT2D eigenvalue weighted by molar-refractivity contribution is -0.0320. The Bertz CT molecular complexity index is 539. The number of ether oxygens (including phenoxy) is 3. The predicted molar refractivity (Wildman–Crippen MR) is 129 cm³/mol. The largest absolute Gasteiger partial charge is 0.381 e. The van der Waals surface area contributed by atoms with Gasteiger partial charge in [-0.15, -0.1) is 24.0 Å². The molecule has 2 rings (SSSR count). The predicted octanol–water partition coefficient (Wildman–Crippen LogP) is 3.60. The first-order valence-corrected chi connectivity index (χ1v) is 10.6. The summed E-state index contributed by atoms with van der Waals surface area (Å²) in [5.41, 5.74) is 1.20. The molecule has 1 aliphatic heterocycles. The molecule has 0 amide bonds. The van der Waals surface area contributed by atoms with E-state index in [0.29, 0.717) is 25.2 Å². The molecular formula is C22H38IN3O3. The van der Waals surface area contributed by atoms with Crippen molar-refractivity contribution in [1.29, 1.82) is 0 Å². The molecule has 1 heterocycles. The maximum Gasteiger partial charge on any atom is 0.191 e. The molecule has 1 aliphatic rings. The molecule has 2 N–H and O–H groups in total. The monoisotopic (exact) mass is 519 g/mol. The number of nitrogens with zero attached hydrogens (tertiary/aromatic N) is 1. The van der Waals surface area contributed by atoms with Crippen molar-refractivity contribution in [3.63, 3.8) is 0 Å². The van der Waals surface area contributed by atoms with E-state index in [-0.39, 0.29) is 24.0 Å². The van der Waals surface area contributed by atoms with E-state index in [1.807, 2.05) is 18.2 Å². The highest BCUT2D eigenvalue weighted by Crippen LogP contribution is 2.10. The highest BCUT2D eigenvalue weighted by atomic mass is 127. The molecule has 1 unspecified atom stereocenters. The standard InChI is InChI=1S/C22H37N3O3.HI/c1-3-23-22(24-12-7-13-28-21-10-14-26-15-11-21)25-16-19(2)17-27-18-20-8-5-4-6-9-20;/h4-6,8-9,19,21H,3,7,10-18H2,1-2H3,(H2,23,24,25);1H. The van der Waals surface area contributed by atoms with Crippen LogP contribution in [-0.4, -0.2) is 58.1 Å². The van der Waals surface area contributed by atoms with Crippen molar-refractivity contribution in [2.45, 2.75) is 45.8 Å². The number of hydrogen-bond donors (Lipinski definition) is 2. The molecule has 0 radical (unpaired) electrons. The molecule has 0 aromatic heterocycles. The highest BCUT2D eigenvalue weighted by molar-refractivity contribution is 14.0. The Morgan fingerprint density at radius 1 is 1.21 bits per heavy atom. The number of aliphatic imine (C=N–C) groups is 1. The van der Waals surface area contributed by atoms with Crippen molar-refractivity contribution in [1.82, 2.24) is 10.6 Å². The van der Waals surface area contributed by atoms with Gasteiger partial charge in [-0.25, -0.2) is 0 Å². The fourth-order valence-electron chi connectivity index (χ4n) is 2.97. The smallest absolute Gasteiger partial charge is 0.191 e. The number of halogens is 1. The van der Waals surface area contributed by atoms with Crippen LogP contribution in [0.15, 0.2) is 35.3 Å². The summed E-state index contributed by atoms with van der Waals surface area (Å²) in [6.07, 6.45) is 3.37. The van der Waals surface area contributed by atoms with Crippen LogP contribution in [0.3, 0.4) is 0 Å². The van der Waals surface area contributed by atoms with Gasteiger partial charge in [-0.2, -0.15) is 0 Å². The van der Waals surface area contributed by atoms with Crippen molar-refractivity contribution in [2.75, 3.05) is 46.1 Å². The summed E-state index contributed by atoms with van der Waals surface area (Å²) in [4.78, 5) is 4.68. The summed E-state index contributed by atoms with van der Waals surface area (Å²) in [6, 6.07) is 10.3. The van der Waals surface area contributed by atoms with Gasteiger partial charge in [0.2, 0.25) is 0 Å². The van der Waals surface area contributed by atoms with Crippen molar-refractivity contribution in [3.05, 3.63) is 35.9 Å². The zero-order valence-electron chi connectivity index (χ0n) is 17.9. The van der Waals surface area contributed by atoms with Crippen LogP contribution in [0.4, 0.5) is 0 Å². The van der Waals surface area contributed by atoms with Crippen LogP contribution in [0, 0.1) is 5.92 Å². The maximum absolute atomic E-state index is 5.91. The van der Waals surface area contributed by atoms with Crippen LogP contribution in [0.2, 0.25) is 0 Å². The lowest BCUT2D eigenvalue weighted by Gasteiger charge is -2.22. The second-order valence-electron chi connectivity index (χ2n) is 7.29. The van der Waals surface area contributed by atoms with E-state index in [1.165, 1.54) is 5.56 Å². The molecule has 6 nitrogen and oxygen atoms in total. The first-order chi connectivity index (χ1) is 13.8. The third-order valence-electron chi connectivity index (χ3n) is 4.55. The molecule has 7 heteroatoms. The topological polar surface area (TPSA) is 64.1 Å². The maximum atomic E-state index is 5.91. The van der Waals surface area contributed by atoms with Gasteiger partial charge in [0.05, 0.1) is 19.3 Å². The Kier molecular flexibility index (Phi) is 15.2. The Balaban J connectivity index is 0.00000420. The first kappa shape index (κ1) is 26.1. The Labute approximate surface area is 193 Å². The molecule has 0 bridgehead atoms. The lowest BCUT2D eigenvalue weighted by Crippen LogP contribution is -2.38. The number of benzene rings is 1. The summed E-state index contributed by atoms with van der Waals surface area (Å²) in [6.45, 7) is 10.5. The average Bonchev–Trinajstić information content (AvgIpc) is 2.73. The minimum Gasteiger partial charge on any atom is -0.381 e. The quantitative estimate of drug-likeness (QED) is 0.191. The van der Waals surface area contributed by atoms with Gasteiger partial charge in [-0.1, -0.05) is 37.3 Å². The summed E-state index contributed by atoms with van der Waals surface area (Å²) in [7, 11) is 0. The third-order valence-corrected chi connectivity index (χ3v) is 4.55. The second-order valence-corrected chi connectivity index (χ2v) is 7.29. The van der Waals surface area contributed by atoms with E-state index in [9.17, 15) is 0 Å². The van der Waals surface area contributed by atoms with E-state index in [1.54, 1.807) is 0 Å². The highest BCUT2D eigenvalue weighted by Gasteiger charge is 2.13. The lowest BCUT2D eigenvalue weighted by atomic mass is 10.1. The fraction of sp³-hybridized carbons (Fsp3) is 0.682. The van der Waals surface area contributed by atoms with E-state index >= 15 is 0 Å². The van der Waals surface area contributed by atoms with Gasteiger partial charge in [-0.05, 0) is 37.7 Å².